The van der Waals surface area contributed by atoms with Crippen molar-refractivity contribution in [2.75, 3.05) is 13.2 Å². The Morgan fingerprint density at radius 3 is 2.31 bits per heavy atom. The van der Waals surface area contributed by atoms with E-state index >= 15 is 0 Å². The molecular weight excluding hydrogens is 228 g/mol. The van der Waals surface area contributed by atoms with Crippen molar-refractivity contribution in [1.82, 2.24) is 0 Å². The summed E-state index contributed by atoms with van der Waals surface area (Å²) < 4.78 is 5.41. The van der Waals surface area contributed by atoms with E-state index in [1.165, 1.54) is 38.5 Å². The summed E-state index contributed by atoms with van der Waals surface area (Å²) in [6, 6.07) is 0. The normalized spacial score (nSPS) is 37.6. The fraction of sp³-hybridized carbons (Fsp3) is 1.00. The van der Waals surface area contributed by atoms with Crippen LogP contribution in [0.2, 0.25) is 0 Å². The first-order valence-corrected chi connectivity index (χ1v) is 6.51. The Morgan fingerprint density at radius 1 is 0.923 bits per heavy atom. The van der Waals surface area contributed by atoms with Crippen LogP contribution in [0.4, 0.5) is 0 Å². The van der Waals surface area contributed by atoms with Gasteiger partial charge in [0.05, 0.1) is 0 Å². The Kier molecular flexibility index (Phi) is 3.67. The van der Waals surface area contributed by atoms with Gasteiger partial charge in [-0.2, -0.15) is 0 Å². The predicted molar refractivity (Wildman–Crippen MR) is 58.2 cm³/mol. The maximum absolute atomic E-state index is 5.41. The first kappa shape index (κ1) is 9.97. The first-order chi connectivity index (χ1) is 6.38. The van der Waals surface area contributed by atoms with Gasteiger partial charge in [0.25, 0.3) is 0 Å². The van der Waals surface area contributed by atoms with Crippen LogP contribution >= 0.6 is 15.9 Å². The fourth-order valence-electron chi connectivity index (χ4n) is 2.79. The zero-order chi connectivity index (χ0) is 9.10. The van der Waals surface area contributed by atoms with Crippen molar-refractivity contribution in [3.8, 4) is 0 Å². The van der Waals surface area contributed by atoms with Crippen LogP contribution in [-0.2, 0) is 4.74 Å². The van der Waals surface area contributed by atoms with Gasteiger partial charge in [-0.15, -0.1) is 0 Å². The second kappa shape index (κ2) is 4.79. The third kappa shape index (κ3) is 2.47. The number of hydrogen-bond acceptors (Lipinski definition) is 1. The second-order valence-corrected chi connectivity index (χ2v) is 5.59. The summed E-state index contributed by atoms with van der Waals surface area (Å²) in [7, 11) is 0. The molecule has 0 spiro atoms. The van der Waals surface area contributed by atoms with Crippen molar-refractivity contribution >= 4 is 15.9 Å². The van der Waals surface area contributed by atoms with Crippen molar-refractivity contribution in [2.24, 2.45) is 11.8 Å². The van der Waals surface area contributed by atoms with Crippen molar-refractivity contribution in [3.63, 3.8) is 0 Å². The molecule has 2 heteroatoms. The molecule has 0 aromatic carbocycles. The molecule has 0 aromatic heterocycles. The smallest absolute Gasteiger partial charge is 0.0468 e. The summed E-state index contributed by atoms with van der Waals surface area (Å²) in [5.74, 6) is 1.89. The second-order valence-electron chi connectivity index (χ2n) is 4.41. The Hall–Kier alpha value is 0.440. The fourth-order valence-corrected chi connectivity index (χ4v) is 3.81. The molecule has 2 aliphatic rings. The summed E-state index contributed by atoms with van der Waals surface area (Å²) in [6.07, 6.45) is 8.31. The quantitative estimate of drug-likeness (QED) is 0.645. The summed E-state index contributed by atoms with van der Waals surface area (Å²) in [5.41, 5.74) is 0. The van der Waals surface area contributed by atoms with Crippen LogP contribution in [0.25, 0.3) is 0 Å². The maximum Gasteiger partial charge on any atom is 0.0468 e. The van der Waals surface area contributed by atoms with E-state index in [1.807, 2.05) is 0 Å². The standard InChI is InChI=1S/C11H19BrO/c12-11-4-2-1-3-10(11)9-5-7-13-8-6-9/h9-11H,1-8H2. The number of halogens is 1. The highest BCUT2D eigenvalue weighted by Crippen LogP contribution is 2.38. The van der Waals surface area contributed by atoms with E-state index in [-0.39, 0.29) is 0 Å². The minimum atomic E-state index is 0.796. The van der Waals surface area contributed by atoms with Crippen molar-refractivity contribution in [1.29, 1.82) is 0 Å². The molecule has 1 saturated carbocycles. The van der Waals surface area contributed by atoms with Crippen LogP contribution in [0.1, 0.15) is 38.5 Å². The van der Waals surface area contributed by atoms with E-state index in [2.05, 4.69) is 15.9 Å². The third-order valence-electron chi connectivity index (χ3n) is 3.60. The van der Waals surface area contributed by atoms with Gasteiger partial charge in [-0.1, -0.05) is 28.8 Å². The molecule has 13 heavy (non-hydrogen) atoms. The van der Waals surface area contributed by atoms with Gasteiger partial charge in [0, 0.05) is 18.0 Å². The Morgan fingerprint density at radius 2 is 1.62 bits per heavy atom. The monoisotopic (exact) mass is 246 g/mol. The first-order valence-electron chi connectivity index (χ1n) is 5.60. The summed E-state index contributed by atoms with van der Waals surface area (Å²) in [5, 5.41) is 0. The van der Waals surface area contributed by atoms with Gasteiger partial charge in [-0.25, -0.2) is 0 Å². The molecule has 2 fully saturated rings. The van der Waals surface area contributed by atoms with E-state index in [0.29, 0.717) is 0 Å². The zero-order valence-corrected chi connectivity index (χ0v) is 9.76. The number of alkyl halides is 1. The van der Waals surface area contributed by atoms with Gasteiger partial charge >= 0.3 is 0 Å². The minimum absolute atomic E-state index is 0.796. The van der Waals surface area contributed by atoms with Crippen LogP contribution in [0.15, 0.2) is 0 Å². The van der Waals surface area contributed by atoms with Crippen LogP contribution in [-0.4, -0.2) is 18.0 Å². The van der Waals surface area contributed by atoms with Gasteiger partial charge in [-0.3, -0.25) is 0 Å². The van der Waals surface area contributed by atoms with Gasteiger partial charge in [-0.05, 0) is 37.5 Å². The van der Waals surface area contributed by atoms with Crippen molar-refractivity contribution in [2.45, 2.75) is 43.4 Å². The highest BCUT2D eigenvalue weighted by Gasteiger charge is 2.30. The lowest BCUT2D eigenvalue weighted by Gasteiger charge is -2.36. The molecule has 0 bridgehead atoms. The number of ether oxygens (including phenoxy) is 1. The third-order valence-corrected chi connectivity index (χ3v) is 4.74. The van der Waals surface area contributed by atoms with Crippen LogP contribution in [0, 0.1) is 11.8 Å². The molecule has 1 heterocycles. The average Bonchev–Trinajstić information content (AvgIpc) is 2.20. The summed E-state index contributed by atoms with van der Waals surface area (Å²) >= 11 is 3.85. The topological polar surface area (TPSA) is 9.23 Å². The highest BCUT2D eigenvalue weighted by atomic mass is 79.9. The maximum atomic E-state index is 5.41. The molecule has 76 valence electrons. The molecule has 2 unspecified atom stereocenters. The Balaban J connectivity index is 1.88. The van der Waals surface area contributed by atoms with Crippen molar-refractivity contribution < 1.29 is 4.74 Å². The van der Waals surface area contributed by atoms with Gasteiger partial charge < -0.3 is 4.74 Å². The van der Waals surface area contributed by atoms with E-state index < -0.39 is 0 Å². The largest absolute Gasteiger partial charge is 0.381 e. The molecule has 0 radical (unpaired) electrons. The van der Waals surface area contributed by atoms with Crippen LogP contribution in [0.3, 0.4) is 0 Å². The molecule has 2 rings (SSSR count). The molecular formula is C11H19BrO. The molecule has 2 atom stereocenters. The number of hydrogen-bond donors (Lipinski definition) is 0. The van der Waals surface area contributed by atoms with Gasteiger partial charge in [0.2, 0.25) is 0 Å². The Bertz CT molecular complexity index is 154. The molecule has 0 amide bonds. The van der Waals surface area contributed by atoms with Gasteiger partial charge in [0.1, 0.15) is 0 Å². The summed E-state index contributed by atoms with van der Waals surface area (Å²) in [4.78, 5) is 0.796. The molecule has 0 aromatic rings. The van der Waals surface area contributed by atoms with E-state index in [0.717, 1.165) is 29.9 Å². The molecule has 1 saturated heterocycles. The molecule has 1 nitrogen and oxygen atoms in total. The lowest BCUT2D eigenvalue weighted by Crippen LogP contribution is -2.31. The predicted octanol–water partition coefficient (Wildman–Crippen LogP) is 3.37. The lowest BCUT2D eigenvalue weighted by atomic mass is 9.76. The SMILES string of the molecule is BrC1CCCCC1C1CCOCC1. The molecule has 1 aliphatic heterocycles. The lowest BCUT2D eigenvalue weighted by molar-refractivity contribution is 0.0410. The minimum Gasteiger partial charge on any atom is -0.381 e. The molecule has 0 N–H and O–H groups in total. The zero-order valence-electron chi connectivity index (χ0n) is 8.18. The van der Waals surface area contributed by atoms with E-state index in [4.69, 9.17) is 4.74 Å². The van der Waals surface area contributed by atoms with Crippen LogP contribution in [0.5, 0.6) is 0 Å². The van der Waals surface area contributed by atoms with E-state index in [9.17, 15) is 0 Å². The number of rotatable bonds is 1. The van der Waals surface area contributed by atoms with Crippen molar-refractivity contribution in [3.05, 3.63) is 0 Å². The highest BCUT2D eigenvalue weighted by molar-refractivity contribution is 9.09. The Labute approximate surface area is 89.4 Å². The van der Waals surface area contributed by atoms with E-state index in [1.54, 1.807) is 0 Å². The van der Waals surface area contributed by atoms with Gasteiger partial charge in [0.15, 0.2) is 0 Å². The van der Waals surface area contributed by atoms with Crippen LogP contribution < -0.4 is 0 Å². The summed E-state index contributed by atoms with van der Waals surface area (Å²) in [6.45, 7) is 2.00. The average molecular weight is 247 g/mol. The molecule has 1 aliphatic carbocycles.